The molecule has 3 aromatic heterocycles. The molecule has 0 aliphatic heterocycles. The fraction of sp³-hybridized carbons (Fsp3) is 0.368. The molecule has 0 spiro atoms. The molecule has 0 unspecified atom stereocenters. The second kappa shape index (κ2) is 7.69. The van der Waals surface area contributed by atoms with Gasteiger partial charge in [-0.2, -0.15) is 13.2 Å². The van der Waals surface area contributed by atoms with Crippen molar-refractivity contribution in [1.29, 1.82) is 0 Å². The molecule has 0 fully saturated rings. The summed E-state index contributed by atoms with van der Waals surface area (Å²) in [6.45, 7) is 3.63. The van der Waals surface area contributed by atoms with Crippen molar-refractivity contribution in [3.05, 3.63) is 36.8 Å². The van der Waals surface area contributed by atoms with Gasteiger partial charge in [0.1, 0.15) is 23.5 Å². The second-order valence-electron chi connectivity index (χ2n) is 7.15. The van der Waals surface area contributed by atoms with Gasteiger partial charge in [-0.25, -0.2) is 15.0 Å². The Hall–Kier alpha value is -3.17. The van der Waals surface area contributed by atoms with Crippen LogP contribution in [0.1, 0.15) is 23.6 Å². The van der Waals surface area contributed by atoms with E-state index in [1.807, 2.05) is 11.4 Å². The predicted octanol–water partition coefficient (Wildman–Crippen LogP) is 4.02. The molecule has 3 N–H and O–H groups in total. The van der Waals surface area contributed by atoms with E-state index in [4.69, 9.17) is 0 Å². The van der Waals surface area contributed by atoms with Crippen LogP contribution in [0.15, 0.2) is 36.8 Å². The fourth-order valence-electron chi connectivity index (χ4n) is 2.79. The molecule has 0 aliphatic carbocycles. The smallest absolute Gasteiger partial charge is 0.356 e. The molecular formula is C19H25F3N6O. The maximum Gasteiger partial charge on any atom is 0.405 e. The summed E-state index contributed by atoms with van der Waals surface area (Å²) in [5.41, 5.74) is 0.103. The summed E-state index contributed by atoms with van der Waals surface area (Å²) in [6.07, 6.45) is 0.427. The van der Waals surface area contributed by atoms with Crippen LogP contribution in [0, 0.1) is 5.92 Å². The SMILES string of the molecule is CC(C)[C@@](C)(Nc1ccnc(-c2c[nH]c3ncccc23)n1)C(=O)NCC(F)(F)F.[HH].[HH]. The van der Waals surface area contributed by atoms with Gasteiger partial charge in [0.2, 0.25) is 5.91 Å². The van der Waals surface area contributed by atoms with Crippen molar-refractivity contribution in [3.63, 3.8) is 0 Å². The van der Waals surface area contributed by atoms with Crippen LogP contribution in [0.2, 0.25) is 0 Å². The fourth-order valence-corrected chi connectivity index (χ4v) is 2.79. The van der Waals surface area contributed by atoms with Gasteiger partial charge in [-0.3, -0.25) is 4.79 Å². The molecule has 3 aromatic rings. The Labute approximate surface area is 168 Å². The summed E-state index contributed by atoms with van der Waals surface area (Å²) in [6, 6.07) is 5.23. The first-order chi connectivity index (χ1) is 13.6. The molecule has 29 heavy (non-hydrogen) atoms. The van der Waals surface area contributed by atoms with Gasteiger partial charge in [0.05, 0.1) is 0 Å². The zero-order valence-corrected chi connectivity index (χ0v) is 16.1. The van der Waals surface area contributed by atoms with Crippen molar-refractivity contribution in [1.82, 2.24) is 25.3 Å². The molecule has 158 valence electrons. The van der Waals surface area contributed by atoms with E-state index in [0.717, 1.165) is 10.9 Å². The number of aromatic amines is 1. The van der Waals surface area contributed by atoms with E-state index in [1.165, 1.54) is 6.20 Å². The number of H-pyrrole nitrogens is 1. The minimum Gasteiger partial charge on any atom is -0.356 e. The first kappa shape index (κ1) is 20.6. The topological polar surface area (TPSA) is 95.6 Å². The molecule has 7 nitrogen and oxygen atoms in total. The van der Waals surface area contributed by atoms with Gasteiger partial charge in [-0.05, 0) is 31.0 Å². The number of aromatic nitrogens is 4. The lowest BCUT2D eigenvalue weighted by Gasteiger charge is -2.34. The molecule has 0 aromatic carbocycles. The van der Waals surface area contributed by atoms with E-state index in [-0.39, 0.29) is 8.77 Å². The van der Waals surface area contributed by atoms with E-state index in [9.17, 15) is 18.0 Å². The van der Waals surface area contributed by atoms with E-state index < -0.39 is 24.2 Å². The zero-order valence-electron chi connectivity index (χ0n) is 16.1. The number of amides is 1. The lowest BCUT2D eigenvalue weighted by molar-refractivity contribution is -0.141. The van der Waals surface area contributed by atoms with Crippen molar-refractivity contribution in [2.75, 3.05) is 11.9 Å². The summed E-state index contributed by atoms with van der Waals surface area (Å²) in [5.74, 6) is -0.352. The largest absolute Gasteiger partial charge is 0.405 e. The van der Waals surface area contributed by atoms with E-state index in [0.29, 0.717) is 17.3 Å². The van der Waals surface area contributed by atoms with Crippen LogP contribution >= 0.6 is 0 Å². The highest BCUT2D eigenvalue weighted by molar-refractivity contribution is 5.92. The van der Waals surface area contributed by atoms with Crippen molar-refractivity contribution in [2.45, 2.75) is 32.5 Å². The van der Waals surface area contributed by atoms with Crippen LogP contribution in [0.3, 0.4) is 0 Å². The number of rotatable bonds is 6. The third kappa shape index (κ3) is 4.47. The van der Waals surface area contributed by atoms with E-state index in [1.54, 1.807) is 45.3 Å². The number of nitrogens with zero attached hydrogens (tertiary/aromatic N) is 3. The molecule has 0 bridgehead atoms. The summed E-state index contributed by atoms with van der Waals surface area (Å²) in [5, 5.41) is 5.77. The summed E-state index contributed by atoms with van der Waals surface area (Å²) in [4.78, 5) is 28.5. The normalized spacial score (nSPS) is 14.0. The Kier molecular flexibility index (Phi) is 5.45. The minimum atomic E-state index is -4.49. The molecule has 1 atom stereocenters. The van der Waals surface area contributed by atoms with Crippen LogP contribution in [0.4, 0.5) is 19.0 Å². The number of alkyl halides is 3. The van der Waals surface area contributed by atoms with E-state index in [2.05, 4.69) is 25.3 Å². The van der Waals surface area contributed by atoms with Crippen LogP contribution in [0.5, 0.6) is 0 Å². The Morgan fingerprint density at radius 3 is 2.69 bits per heavy atom. The lowest BCUT2D eigenvalue weighted by Crippen LogP contribution is -2.55. The highest BCUT2D eigenvalue weighted by atomic mass is 19.4. The van der Waals surface area contributed by atoms with Crippen LogP contribution in [-0.2, 0) is 4.79 Å². The summed E-state index contributed by atoms with van der Waals surface area (Å²) in [7, 11) is 0. The van der Waals surface area contributed by atoms with E-state index >= 15 is 0 Å². The molecule has 0 aliphatic rings. The van der Waals surface area contributed by atoms with Gasteiger partial charge in [0, 0.05) is 32.4 Å². The summed E-state index contributed by atoms with van der Waals surface area (Å²) >= 11 is 0. The van der Waals surface area contributed by atoms with Crippen molar-refractivity contribution >= 4 is 22.8 Å². The van der Waals surface area contributed by atoms with Crippen LogP contribution in [-0.4, -0.2) is 44.1 Å². The predicted molar refractivity (Wildman–Crippen MR) is 107 cm³/mol. The first-order valence-electron chi connectivity index (χ1n) is 8.99. The Morgan fingerprint density at radius 1 is 1.24 bits per heavy atom. The van der Waals surface area contributed by atoms with Gasteiger partial charge in [0.15, 0.2) is 5.82 Å². The van der Waals surface area contributed by atoms with Gasteiger partial charge < -0.3 is 15.6 Å². The van der Waals surface area contributed by atoms with Crippen LogP contribution in [0.25, 0.3) is 22.4 Å². The number of fused-ring (bicyclic) bond motifs is 1. The molecule has 0 radical (unpaired) electrons. The third-order valence-corrected chi connectivity index (χ3v) is 4.81. The van der Waals surface area contributed by atoms with Crippen molar-refractivity contribution < 1.29 is 20.8 Å². The third-order valence-electron chi connectivity index (χ3n) is 4.81. The minimum absolute atomic E-state index is 0. The molecular weight excluding hydrogens is 385 g/mol. The Bertz CT molecular complexity index is 1030. The van der Waals surface area contributed by atoms with Gasteiger partial charge in [-0.15, -0.1) is 0 Å². The second-order valence-corrected chi connectivity index (χ2v) is 7.15. The molecule has 3 rings (SSSR count). The standard InChI is InChI=1S/C19H21F3N6O.2H2/c1-11(2)18(3,17(29)26-10-19(20,21)22)28-14-6-8-24-16(27-14)13-9-25-15-12(13)5-4-7-23-15;;/h4-9,11H,10H2,1-3H3,(H,23,25)(H,26,29)(H,24,27,28);2*1H/t18-;;/m1../s1. The van der Waals surface area contributed by atoms with Gasteiger partial charge in [0.25, 0.3) is 0 Å². The highest BCUT2D eigenvalue weighted by Gasteiger charge is 2.39. The number of pyridine rings is 1. The molecule has 1 amide bonds. The van der Waals surface area contributed by atoms with Crippen molar-refractivity contribution in [2.24, 2.45) is 5.92 Å². The number of carbonyl (C=O) groups is 1. The molecule has 10 heteroatoms. The number of anilines is 1. The summed E-state index contributed by atoms with van der Waals surface area (Å²) < 4.78 is 37.5. The molecule has 3 heterocycles. The number of carbonyl (C=O) groups excluding carboxylic acids is 1. The number of hydrogen-bond acceptors (Lipinski definition) is 5. The average Bonchev–Trinajstić information content (AvgIpc) is 3.09. The Morgan fingerprint density at radius 2 is 2.00 bits per heavy atom. The van der Waals surface area contributed by atoms with Crippen molar-refractivity contribution in [3.8, 4) is 11.4 Å². The van der Waals surface area contributed by atoms with Gasteiger partial charge in [-0.1, -0.05) is 13.8 Å². The lowest BCUT2D eigenvalue weighted by atomic mass is 9.87. The van der Waals surface area contributed by atoms with Crippen LogP contribution < -0.4 is 10.6 Å². The monoisotopic (exact) mass is 410 g/mol. The molecule has 0 saturated carbocycles. The number of hydrogen-bond donors (Lipinski definition) is 3. The maximum absolute atomic E-state index is 12.5. The first-order valence-corrected chi connectivity index (χ1v) is 8.99. The maximum atomic E-state index is 12.5. The Balaban J connectivity index is 0.00000240. The molecule has 0 saturated heterocycles. The number of halogens is 3. The zero-order chi connectivity index (χ0) is 21.2. The quantitative estimate of drug-likeness (QED) is 0.571. The highest BCUT2D eigenvalue weighted by Crippen LogP contribution is 2.27. The van der Waals surface area contributed by atoms with Gasteiger partial charge >= 0.3 is 6.18 Å². The average molecular weight is 410 g/mol. The number of nitrogens with one attached hydrogen (secondary N) is 3.